The number of imide groups is 1. The van der Waals surface area contributed by atoms with Crippen molar-refractivity contribution in [1.82, 2.24) is 10.2 Å². The normalized spacial score (nSPS) is 15.4. The molecule has 0 aromatic heterocycles. The molecule has 0 radical (unpaired) electrons. The Balaban J connectivity index is 1.81. The van der Waals surface area contributed by atoms with Crippen LogP contribution in [-0.4, -0.2) is 30.1 Å². The summed E-state index contributed by atoms with van der Waals surface area (Å²) in [4.78, 5) is 26.0. The maximum absolute atomic E-state index is 12.6. The lowest BCUT2D eigenvalue weighted by Crippen LogP contribution is -2.30. The molecule has 27 heavy (non-hydrogen) atoms. The standard InChI is InChI=1S/C21H22N2O4/c1-14(2)27-18-10-9-16(12-19(18)26-3)11-17-20(24)23(21(25)22-17)13-15-7-5-4-6-8-15/h4-12,14H,13H2,1-3H3,(H,22,25). The van der Waals surface area contributed by atoms with E-state index >= 15 is 0 Å². The lowest BCUT2D eigenvalue weighted by atomic mass is 10.1. The fraction of sp³-hybridized carbons (Fsp3) is 0.238. The van der Waals surface area contributed by atoms with Crippen molar-refractivity contribution < 1.29 is 19.1 Å². The van der Waals surface area contributed by atoms with Crippen LogP contribution in [-0.2, 0) is 11.3 Å². The van der Waals surface area contributed by atoms with E-state index in [9.17, 15) is 9.59 Å². The lowest BCUT2D eigenvalue weighted by molar-refractivity contribution is -0.123. The maximum atomic E-state index is 12.6. The predicted molar refractivity (Wildman–Crippen MR) is 102 cm³/mol. The first-order chi connectivity index (χ1) is 13.0. The molecule has 0 aliphatic carbocycles. The summed E-state index contributed by atoms with van der Waals surface area (Å²) in [6.45, 7) is 4.10. The van der Waals surface area contributed by atoms with Crippen molar-refractivity contribution in [2.24, 2.45) is 0 Å². The van der Waals surface area contributed by atoms with Crippen molar-refractivity contribution in [3.8, 4) is 11.5 Å². The molecule has 1 N–H and O–H groups in total. The molecular formula is C21H22N2O4. The van der Waals surface area contributed by atoms with Gasteiger partial charge in [-0.2, -0.15) is 0 Å². The predicted octanol–water partition coefficient (Wildman–Crippen LogP) is 3.58. The molecule has 2 aromatic carbocycles. The highest BCUT2D eigenvalue weighted by Gasteiger charge is 2.33. The van der Waals surface area contributed by atoms with Gasteiger partial charge in [0, 0.05) is 0 Å². The Bertz CT molecular complexity index is 875. The third-order valence-corrected chi connectivity index (χ3v) is 4.01. The second kappa shape index (κ2) is 7.95. The number of ether oxygens (including phenoxy) is 2. The summed E-state index contributed by atoms with van der Waals surface area (Å²) in [5, 5.41) is 2.63. The van der Waals surface area contributed by atoms with Crippen molar-refractivity contribution in [3.63, 3.8) is 0 Å². The number of benzene rings is 2. The first-order valence-electron chi connectivity index (χ1n) is 8.71. The van der Waals surface area contributed by atoms with Crippen LogP contribution in [0.15, 0.2) is 54.2 Å². The average molecular weight is 366 g/mol. The van der Waals surface area contributed by atoms with Crippen LogP contribution in [0.5, 0.6) is 11.5 Å². The minimum atomic E-state index is -0.429. The number of nitrogens with zero attached hydrogens (tertiary/aromatic N) is 1. The van der Waals surface area contributed by atoms with E-state index in [4.69, 9.17) is 9.47 Å². The van der Waals surface area contributed by atoms with Gasteiger partial charge in [0.1, 0.15) is 5.70 Å². The Labute approximate surface area is 158 Å². The van der Waals surface area contributed by atoms with Crippen LogP contribution in [0.1, 0.15) is 25.0 Å². The van der Waals surface area contributed by atoms with Gasteiger partial charge in [0.2, 0.25) is 0 Å². The number of hydrogen-bond acceptors (Lipinski definition) is 4. The number of carbonyl (C=O) groups excluding carboxylic acids is 2. The molecule has 0 spiro atoms. The van der Waals surface area contributed by atoms with Gasteiger partial charge in [0.05, 0.1) is 19.8 Å². The SMILES string of the molecule is COc1cc(C=C2NC(=O)N(Cc3ccccc3)C2=O)ccc1OC(C)C. The highest BCUT2D eigenvalue weighted by Crippen LogP contribution is 2.30. The first kappa shape index (κ1) is 18.5. The van der Waals surface area contributed by atoms with Crippen LogP contribution >= 0.6 is 0 Å². The summed E-state index contributed by atoms with van der Waals surface area (Å²) < 4.78 is 11.1. The van der Waals surface area contributed by atoms with E-state index in [0.29, 0.717) is 11.5 Å². The Morgan fingerprint density at radius 1 is 1.07 bits per heavy atom. The van der Waals surface area contributed by atoms with Crippen LogP contribution in [0, 0.1) is 0 Å². The second-order valence-corrected chi connectivity index (χ2v) is 6.44. The molecule has 3 amide bonds. The highest BCUT2D eigenvalue weighted by atomic mass is 16.5. The third-order valence-electron chi connectivity index (χ3n) is 4.01. The quantitative estimate of drug-likeness (QED) is 0.627. The molecule has 3 rings (SSSR count). The second-order valence-electron chi connectivity index (χ2n) is 6.44. The number of rotatable bonds is 6. The van der Waals surface area contributed by atoms with Crippen LogP contribution in [0.2, 0.25) is 0 Å². The summed E-state index contributed by atoms with van der Waals surface area (Å²) in [6, 6.07) is 14.3. The van der Waals surface area contributed by atoms with Crippen LogP contribution < -0.4 is 14.8 Å². The van der Waals surface area contributed by atoms with E-state index in [1.807, 2.05) is 50.2 Å². The maximum Gasteiger partial charge on any atom is 0.329 e. The van der Waals surface area contributed by atoms with Gasteiger partial charge >= 0.3 is 6.03 Å². The zero-order chi connectivity index (χ0) is 19.4. The summed E-state index contributed by atoms with van der Waals surface area (Å²) in [6.07, 6.45) is 1.65. The molecule has 1 fully saturated rings. The van der Waals surface area contributed by atoms with E-state index in [-0.39, 0.29) is 24.3 Å². The Morgan fingerprint density at radius 3 is 2.48 bits per heavy atom. The molecule has 140 valence electrons. The van der Waals surface area contributed by atoms with Crippen LogP contribution in [0.4, 0.5) is 4.79 Å². The number of amides is 3. The Kier molecular flexibility index (Phi) is 5.45. The average Bonchev–Trinajstić information content (AvgIpc) is 2.91. The number of hydrogen-bond donors (Lipinski definition) is 1. The van der Waals surface area contributed by atoms with Crippen LogP contribution in [0.3, 0.4) is 0 Å². The summed E-state index contributed by atoms with van der Waals surface area (Å²) in [5.74, 6) is 0.837. The molecule has 0 atom stereocenters. The Hall–Kier alpha value is -3.28. The summed E-state index contributed by atoms with van der Waals surface area (Å²) in [7, 11) is 1.56. The van der Waals surface area contributed by atoms with Gasteiger partial charge in [-0.15, -0.1) is 0 Å². The van der Waals surface area contributed by atoms with E-state index in [1.165, 1.54) is 4.90 Å². The fourth-order valence-electron chi connectivity index (χ4n) is 2.77. The molecule has 0 saturated carbocycles. The third kappa shape index (κ3) is 4.28. The van der Waals surface area contributed by atoms with Gasteiger partial charge in [-0.3, -0.25) is 9.69 Å². The first-order valence-corrected chi connectivity index (χ1v) is 8.71. The summed E-state index contributed by atoms with van der Waals surface area (Å²) >= 11 is 0. The largest absolute Gasteiger partial charge is 0.493 e. The molecule has 6 heteroatoms. The van der Waals surface area contributed by atoms with Crippen molar-refractivity contribution in [2.75, 3.05) is 7.11 Å². The fourth-order valence-corrected chi connectivity index (χ4v) is 2.77. The number of methoxy groups -OCH3 is 1. The van der Waals surface area contributed by atoms with Gasteiger partial charge in [-0.1, -0.05) is 36.4 Å². The smallest absolute Gasteiger partial charge is 0.329 e. The van der Waals surface area contributed by atoms with Crippen molar-refractivity contribution in [2.45, 2.75) is 26.5 Å². The molecule has 1 heterocycles. The zero-order valence-electron chi connectivity index (χ0n) is 15.6. The topological polar surface area (TPSA) is 67.9 Å². The molecule has 0 bridgehead atoms. The van der Waals surface area contributed by atoms with Crippen molar-refractivity contribution in [3.05, 3.63) is 65.4 Å². The highest BCUT2D eigenvalue weighted by molar-refractivity contribution is 6.13. The minimum absolute atomic E-state index is 0.0188. The van der Waals surface area contributed by atoms with Gasteiger partial charge < -0.3 is 14.8 Å². The van der Waals surface area contributed by atoms with Gasteiger partial charge in [0.15, 0.2) is 11.5 Å². The lowest BCUT2D eigenvalue weighted by Gasteiger charge is -2.14. The van der Waals surface area contributed by atoms with Gasteiger partial charge in [-0.25, -0.2) is 4.79 Å². The number of carbonyl (C=O) groups is 2. The number of nitrogens with one attached hydrogen (secondary N) is 1. The molecule has 0 unspecified atom stereocenters. The van der Waals surface area contributed by atoms with E-state index in [0.717, 1.165) is 11.1 Å². The molecular weight excluding hydrogens is 344 g/mol. The molecule has 1 aliphatic rings. The molecule has 1 aliphatic heterocycles. The van der Waals surface area contributed by atoms with Gasteiger partial charge in [0.25, 0.3) is 5.91 Å². The van der Waals surface area contributed by atoms with E-state index < -0.39 is 6.03 Å². The van der Waals surface area contributed by atoms with E-state index in [2.05, 4.69) is 5.32 Å². The van der Waals surface area contributed by atoms with Crippen molar-refractivity contribution >= 4 is 18.0 Å². The summed E-state index contributed by atoms with van der Waals surface area (Å²) in [5.41, 5.74) is 1.85. The van der Waals surface area contributed by atoms with Crippen LogP contribution in [0.25, 0.3) is 6.08 Å². The minimum Gasteiger partial charge on any atom is -0.493 e. The van der Waals surface area contributed by atoms with E-state index in [1.54, 1.807) is 25.3 Å². The zero-order valence-corrected chi connectivity index (χ0v) is 15.6. The van der Waals surface area contributed by atoms with Gasteiger partial charge in [-0.05, 0) is 43.2 Å². The molecule has 6 nitrogen and oxygen atoms in total. The molecule has 1 saturated heterocycles. The number of urea groups is 1. The monoisotopic (exact) mass is 366 g/mol. The van der Waals surface area contributed by atoms with Crippen molar-refractivity contribution in [1.29, 1.82) is 0 Å². The Morgan fingerprint density at radius 2 is 1.81 bits per heavy atom. The molecule has 2 aromatic rings.